The molecular formula is C17H29N3O4. The molecule has 1 aliphatic carbocycles. The van der Waals surface area contributed by atoms with E-state index in [4.69, 9.17) is 4.74 Å². The minimum Gasteiger partial charge on any atom is -0.394 e. The fourth-order valence-electron chi connectivity index (χ4n) is 3.12. The lowest BCUT2D eigenvalue weighted by atomic mass is 9.96. The first-order chi connectivity index (χ1) is 11.5. The summed E-state index contributed by atoms with van der Waals surface area (Å²) in [6.07, 6.45) is 8.45. The summed E-state index contributed by atoms with van der Waals surface area (Å²) in [6.45, 7) is -0.217. The maximum absolute atomic E-state index is 12.1. The number of hydrogen-bond acceptors (Lipinski definition) is 4. The van der Waals surface area contributed by atoms with Gasteiger partial charge in [0.1, 0.15) is 6.10 Å². The second-order valence-electron chi connectivity index (χ2n) is 6.75. The highest BCUT2D eigenvalue weighted by atomic mass is 16.5. The van der Waals surface area contributed by atoms with Gasteiger partial charge in [-0.3, -0.25) is 4.79 Å². The molecule has 1 heterocycles. The Hall–Kier alpha value is -1.60. The highest BCUT2D eigenvalue weighted by molar-refractivity contribution is 5.76. The molecule has 1 saturated carbocycles. The van der Waals surface area contributed by atoms with Crippen molar-refractivity contribution >= 4 is 11.9 Å². The number of aliphatic hydroxyl groups is 1. The van der Waals surface area contributed by atoms with Gasteiger partial charge in [-0.15, -0.1) is 0 Å². The van der Waals surface area contributed by atoms with Gasteiger partial charge in [0.05, 0.1) is 25.2 Å². The second kappa shape index (κ2) is 9.03. The predicted octanol–water partition coefficient (Wildman–Crippen LogP) is 0.781. The van der Waals surface area contributed by atoms with Crippen LogP contribution in [0.3, 0.4) is 0 Å². The quantitative estimate of drug-likeness (QED) is 0.646. The molecule has 1 fully saturated rings. The number of urea groups is 1. The van der Waals surface area contributed by atoms with Gasteiger partial charge in [-0.25, -0.2) is 4.79 Å². The van der Waals surface area contributed by atoms with Crippen molar-refractivity contribution in [3.63, 3.8) is 0 Å². The molecular weight excluding hydrogens is 310 g/mol. The molecule has 0 aromatic heterocycles. The summed E-state index contributed by atoms with van der Waals surface area (Å²) < 4.78 is 5.73. The zero-order valence-corrected chi connectivity index (χ0v) is 14.5. The normalized spacial score (nSPS) is 27.5. The fraction of sp³-hybridized carbons (Fsp3) is 0.765. The van der Waals surface area contributed by atoms with Crippen molar-refractivity contribution in [2.45, 2.75) is 62.8 Å². The number of nitrogens with zero attached hydrogens (tertiary/aromatic N) is 1. The molecule has 0 aromatic carbocycles. The molecule has 0 aromatic rings. The average molecular weight is 339 g/mol. The fourth-order valence-corrected chi connectivity index (χ4v) is 3.12. The van der Waals surface area contributed by atoms with Crippen molar-refractivity contribution < 1.29 is 19.4 Å². The number of carbonyl (C=O) groups excluding carboxylic acids is 2. The highest BCUT2D eigenvalue weighted by Gasteiger charge is 2.29. The lowest BCUT2D eigenvalue weighted by Gasteiger charge is -2.32. The Morgan fingerprint density at radius 3 is 2.50 bits per heavy atom. The molecule has 0 unspecified atom stereocenters. The van der Waals surface area contributed by atoms with E-state index in [-0.39, 0.29) is 37.1 Å². The molecule has 3 atom stereocenters. The second-order valence-corrected chi connectivity index (χ2v) is 6.75. The highest BCUT2D eigenvalue weighted by Crippen LogP contribution is 2.18. The molecule has 2 aliphatic rings. The number of amides is 3. The Labute approximate surface area is 143 Å². The van der Waals surface area contributed by atoms with Crippen LogP contribution in [0.5, 0.6) is 0 Å². The Morgan fingerprint density at radius 2 is 1.88 bits per heavy atom. The number of rotatable bonds is 5. The van der Waals surface area contributed by atoms with Crippen LogP contribution in [0.25, 0.3) is 0 Å². The predicted molar refractivity (Wildman–Crippen MR) is 90.5 cm³/mol. The van der Waals surface area contributed by atoms with Gasteiger partial charge in [0.25, 0.3) is 0 Å². The van der Waals surface area contributed by atoms with Gasteiger partial charge in [0.15, 0.2) is 0 Å². The third kappa shape index (κ3) is 5.49. The first kappa shape index (κ1) is 18.7. The topological polar surface area (TPSA) is 90.9 Å². The van der Waals surface area contributed by atoms with Crippen molar-refractivity contribution in [3.8, 4) is 0 Å². The summed E-state index contributed by atoms with van der Waals surface area (Å²) in [5.41, 5.74) is 0. The van der Waals surface area contributed by atoms with E-state index in [1.165, 1.54) is 11.3 Å². The van der Waals surface area contributed by atoms with Crippen LogP contribution in [0.2, 0.25) is 0 Å². The van der Waals surface area contributed by atoms with E-state index >= 15 is 0 Å². The van der Waals surface area contributed by atoms with Crippen LogP contribution < -0.4 is 10.6 Å². The molecule has 7 heteroatoms. The summed E-state index contributed by atoms with van der Waals surface area (Å²) in [5, 5.41) is 15.4. The van der Waals surface area contributed by atoms with Crippen molar-refractivity contribution in [2.75, 3.05) is 20.7 Å². The van der Waals surface area contributed by atoms with E-state index in [0.29, 0.717) is 0 Å². The standard InChI is InChI=1S/C17H29N3O4/c1-20(2)16(22)10-13-8-9-14(15(11-21)24-13)19-17(23)18-12-6-4-3-5-7-12/h8-9,12-15,21H,3-7,10-11H2,1-2H3,(H2,18,19,23)/t13-,14+,15-/m0/s1. The number of hydrogen-bond donors (Lipinski definition) is 3. The van der Waals surface area contributed by atoms with Crippen LogP contribution in [0.15, 0.2) is 12.2 Å². The van der Waals surface area contributed by atoms with Crippen LogP contribution in [0.4, 0.5) is 4.79 Å². The third-order valence-electron chi connectivity index (χ3n) is 4.58. The van der Waals surface area contributed by atoms with Gasteiger partial charge in [-0.1, -0.05) is 31.4 Å². The average Bonchev–Trinajstić information content (AvgIpc) is 2.56. The maximum atomic E-state index is 12.1. The van der Waals surface area contributed by atoms with Crippen molar-refractivity contribution in [1.82, 2.24) is 15.5 Å². The Morgan fingerprint density at radius 1 is 1.17 bits per heavy atom. The molecule has 7 nitrogen and oxygen atoms in total. The Kier molecular flexibility index (Phi) is 7.05. The SMILES string of the molecule is CN(C)C(=O)C[C@@H]1C=C[C@@H](NC(=O)NC2CCCCC2)[C@H](CO)O1. The smallest absolute Gasteiger partial charge is 0.315 e. The molecule has 0 saturated heterocycles. The number of carbonyl (C=O) groups is 2. The monoisotopic (exact) mass is 339 g/mol. The first-order valence-corrected chi connectivity index (χ1v) is 8.71. The molecule has 136 valence electrons. The van der Waals surface area contributed by atoms with Gasteiger partial charge < -0.3 is 25.4 Å². The number of aliphatic hydroxyl groups excluding tert-OH is 1. The van der Waals surface area contributed by atoms with Crippen LogP contribution in [-0.4, -0.2) is 66.9 Å². The number of ether oxygens (including phenoxy) is 1. The zero-order valence-electron chi connectivity index (χ0n) is 14.5. The molecule has 1 aliphatic heterocycles. The summed E-state index contributed by atoms with van der Waals surface area (Å²) in [4.78, 5) is 25.4. The van der Waals surface area contributed by atoms with Gasteiger partial charge in [0, 0.05) is 20.1 Å². The van der Waals surface area contributed by atoms with Gasteiger partial charge in [-0.2, -0.15) is 0 Å². The molecule has 0 spiro atoms. The van der Waals surface area contributed by atoms with Crippen molar-refractivity contribution in [2.24, 2.45) is 0 Å². The lowest BCUT2D eigenvalue weighted by molar-refractivity contribution is -0.132. The molecule has 24 heavy (non-hydrogen) atoms. The summed E-state index contributed by atoms with van der Waals surface area (Å²) >= 11 is 0. The summed E-state index contributed by atoms with van der Waals surface area (Å²) in [6, 6.07) is -0.406. The molecule has 3 amide bonds. The van der Waals surface area contributed by atoms with E-state index in [2.05, 4.69) is 10.6 Å². The van der Waals surface area contributed by atoms with E-state index < -0.39 is 12.1 Å². The summed E-state index contributed by atoms with van der Waals surface area (Å²) in [5.74, 6) is -0.0391. The summed E-state index contributed by atoms with van der Waals surface area (Å²) in [7, 11) is 3.39. The van der Waals surface area contributed by atoms with E-state index in [0.717, 1.165) is 25.7 Å². The van der Waals surface area contributed by atoms with Gasteiger partial charge >= 0.3 is 6.03 Å². The van der Waals surface area contributed by atoms with Gasteiger partial charge in [-0.05, 0) is 12.8 Å². The van der Waals surface area contributed by atoms with Crippen molar-refractivity contribution in [1.29, 1.82) is 0 Å². The maximum Gasteiger partial charge on any atom is 0.315 e. The van der Waals surface area contributed by atoms with Crippen LogP contribution in [0.1, 0.15) is 38.5 Å². The van der Waals surface area contributed by atoms with Crippen LogP contribution >= 0.6 is 0 Å². The number of nitrogens with one attached hydrogen (secondary N) is 2. The largest absolute Gasteiger partial charge is 0.394 e. The van der Waals surface area contributed by atoms with E-state index in [1.54, 1.807) is 26.2 Å². The van der Waals surface area contributed by atoms with Crippen LogP contribution in [-0.2, 0) is 9.53 Å². The minimum absolute atomic E-state index is 0.0391. The van der Waals surface area contributed by atoms with Crippen LogP contribution in [0, 0.1) is 0 Å². The Balaban J connectivity index is 1.85. The third-order valence-corrected chi connectivity index (χ3v) is 4.58. The van der Waals surface area contributed by atoms with Gasteiger partial charge in [0.2, 0.25) is 5.91 Å². The molecule has 3 N–H and O–H groups in total. The zero-order chi connectivity index (χ0) is 17.5. The van der Waals surface area contributed by atoms with E-state index in [9.17, 15) is 14.7 Å². The lowest BCUT2D eigenvalue weighted by Crippen LogP contribution is -2.53. The Bertz CT molecular complexity index is 461. The minimum atomic E-state index is -0.549. The molecule has 0 radical (unpaired) electrons. The molecule has 2 rings (SSSR count). The molecule has 0 bridgehead atoms. The van der Waals surface area contributed by atoms with Crippen molar-refractivity contribution in [3.05, 3.63) is 12.2 Å². The first-order valence-electron chi connectivity index (χ1n) is 8.71. The van der Waals surface area contributed by atoms with E-state index in [1.807, 2.05) is 0 Å².